The van der Waals surface area contributed by atoms with Crippen LogP contribution in [0.4, 0.5) is 11.6 Å². The van der Waals surface area contributed by atoms with Crippen LogP contribution < -0.4 is 5.32 Å². The molecular weight excluding hydrogens is 298 g/mol. The molecule has 0 aliphatic carbocycles. The summed E-state index contributed by atoms with van der Waals surface area (Å²) in [7, 11) is 0. The van der Waals surface area contributed by atoms with E-state index in [-0.39, 0.29) is 0 Å². The van der Waals surface area contributed by atoms with Gasteiger partial charge in [0.05, 0.1) is 10.6 Å². The zero-order valence-corrected chi connectivity index (χ0v) is 12.6. The highest BCUT2D eigenvalue weighted by atomic mass is 32.1. The molecule has 5 nitrogen and oxygen atoms in total. The monoisotopic (exact) mass is 311 g/mol. The van der Waals surface area contributed by atoms with Gasteiger partial charge in [-0.2, -0.15) is 0 Å². The van der Waals surface area contributed by atoms with Gasteiger partial charge in [0.2, 0.25) is 0 Å². The average Bonchev–Trinajstić information content (AvgIpc) is 2.97. The first-order valence-electron chi connectivity index (χ1n) is 6.62. The molecular formula is C16H13N3O2S. The summed E-state index contributed by atoms with van der Waals surface area (Å²) >= 11 is 1.21. The second-order valence-electron chi connectivity index (χ2n) is 4.72. The van der Waals surface area contributed by atoms with Gasteiger partial charge in [0.25, 0.3) is 0 Å². The van der Waals surface area contributed by atoms with Gasteiger partial charge < -0.3 is 10.4 Å². The summed E-state index contributed by atoms with van der Waals surface area (Å²) in [4.78, 5) is 20.8. The SMILES string of the molecule is Cc1ccnc(Nc2cccc(-c3ccc(C(=O)O)s3)n2)c1. The molecule has 3 heterocycles. The van der Waals surface area contributed by atoms with Gasteiger partial charge >= 0.3 is 5.97 Å². The topological polar surface area (TPSA) is 75.1 Å². The maximum absolute atomic E-state index is 11.0. The molecule has 0 saturated carbocycles. The first kappa shape index (κ1) is 14.2. The largest absolute Gasteiger partial charge is 0.477 e. The predicted octanol–water partition coefficient (Wildman–Crippen LogP) is 3.96. The lowest BCUT2D eigenvalue weighted by Gasteiger charge is -2.06. The minimum atomic E-state index is -0.922. The van der Waals surface area contributed by atoms with Crippen molar-refractivity contribution in [2.45, 2.75) is 6.92 Å². The van der Waals surface area contributed by atoms with Gasteiger partial charge in [0.15, 0.2) is 0 Å². The molecule has 0 aromatic carbocycles. The number of nitrogens with zero attached hydrogens (tertiary/aromatic N) is 2. The lowest BCUT2D eigenvalue weighted by Crippen LogP contribution is -1.96. The molecule has 3 aromatic heterocycles. The Kier molecular flexibility index (Phi) is 3.84. The van der Waals surface area contributed by atoms with Crippen LogP contribution in [0.2, 0.25) is 0 Å². The minimum absolute atomic E-state index is 0.301. The molecule has 0 saturated heterocycles. The van der Waals surface area contributed by atoms with Gasteiger partial charge in [-0.1, -0.05) is 6.07 Å². The number of anilines is 2. The summed E-state index contributed by atoms with van der Waals surface area (Å²) in [6, 6.07) is 12.8. The molecule has 0 unspecified atom stereocenters. The van der Waals surface area contributed by atoms with Crippen molar-refractivity contribution < 1.29 is 9.90 Å². The van der Waals surface area contributed by atoms with Crippen LogP contribution in [0.25, 0.3) is 10.6 Å². The highest BCUT2D eigenvalue weighted by Crippen LogP contribution is 2.28. The van der Waals surface area contributed by atoms with Crippen molar-refractivity contribution in [2.24, 2.45) is 0 Å². The molecule has 22 heavy (non-hydrogen) atoms. The fraction of sp³-hybridized carbons (Fsp3) is 0.0625. The van der Waals surface area contributed by atoms with Gasteiger partial charge in [-0.15, -0.1) is 11.3 Å². The van der Waals surface area contributed by atoms with Crippen LogP contribution in [0, 0.1) is 6.92 Å². The third-order valence-corrected chi connectivity index (χ3v) is 4.09. The number of carboxylic acid groups (broad SMARTS) is 1. The van der Waals surface area contributed by atoms with E-state index < -0.39 is 5.97 Å². The molecule has 0 spiro atoms. The number of carbonyl (C=O) groups is 1. The van der Waals surface area contributed by atoms with E-state index in [0.29, 0.717) is 10.7 Å². The summed E-state index contributed by atoms with van der Waals surface area (Å²) in [6.45, 7) is 2.00. The molecule has 0 bridgehead atoms. The van der Waals surface area contributed by atoms with E-state index in [0.717, 1.165) is 22.0 Å². The van der Waals surface area contributed by atoms with Crippen LogP contribution >= 0.6 is 11.3 Å². The van der Waals surface area contributed by atoms with Gasteiger partial charge in [0.1, 0.15) is 16.5 Å². The van der Waals surface area contributed by atoms with E-state index in [1.807, 2.05) is 37.3 Å². The van der Waals surface area contributed by atoms with Crippen LogP contribution in [-0.2, 0) is 0 Å². The van der Waals surface area contributed by atoms with Crippen LogP contribution in [-0.4, -0.2) is 21.0 Å². The molecule has 110 valence electrons. The summed E-state index contributed by atoms with van der Waals surface area (Å²) in [5, 5.41) is 12.1. The molecule has 0 atom stereocenters. The maximum atomic E-state index is 11.0. The molecule has 6 heteroatoms. The maximum Gasteiger partial charge on any atom is 0.345 e. The van der Waals surface area contributed by atoms with Crippen molar-refractivity contribution in [1.82, 2.24) is 9.97 Å². The van der Waals surface area contributed by atoms with Crippen molar-refractivity contribution in [3.8, 4) is 10.6 Å². The lowest BCUT2D eigenvalue weighted by atomic mass is 10.3. The van der Waals surface area contributed by atoms with Crippen LogP contribution in [0.15, 0.2) is 48.7 Å². The van der Waals surface area contributed by atoms with Gasteiger partial charge in [-0.05, 0) is 48.9 Å². The number of pyridine rings is 2. The molecule has 2 N–H and O–H groups in total. The Morgan fingerprint density at radius 2 is 2.05 bits per heavy atom. The first-order valence-corrected chi connectivity index (χ1v) is 7.44. The van der Waals surface area contributed by atoms with E-state index in [1.165, 1.54) is 11.3 Å². The molecule has 0 fully saturated rings. The number of aryl methyl sites for hydroxylation is 1. The van der Waals surface area contributed by atoms with Crippen molar-refractivity contribution in [1.29, 1.82) is 0 Å². The molecule has 0 radical (unpaired) electrons. The summed E-state index contributed by atoms with van der Waals surface area (Å²) in [5.74, 6) is 0.470. The zero-order valence-electron chi connectivity index (χ0n) is 11.8. The molecule has 0 aliphatic rings. The fourth-order valence-corrected chi connectivity index (χ4v) is 2.78. The lowest BCUT2D eigenvalue weighted by molar-refractivity contribution is 0.0702. The standard InChI is InChI=1S/C16H13N3O2S/c1-10-7-8-17-15(9-10)19-14-4-2-3-11(18-14)12-5-6-13(22-12)16(20)21/h2-9H,1H3,(H,20,21)(H,17,18,19). The minimum Gasteiger partial charge on any atom is -0.477 e. The van der Waals surface area contributed by atoms with Crippen LogP contribution in [0.3, 0.4) is 0 Å². The number of aromatic carboxylic acids is 1. The Balaban J connectivity index is 1.87. The quantitative estimate of drug-likeness (QED) is 0.763. The third kappa shape index (κ3) is 3.12. The van der Waals surface area contributed by atoms with Gasteiger partial charge in [-0.25, -0.2) is 14.8 Å². The van der Waals surface area contributed by atoms with E-state index in [1.54, 1.807) is 18.3 Å². The van der Waals surface area contributed by atoms with E-state index in [2.05, 4.69) is 15.3 Å². The smallest absolute Gasteiger partial charge is 0.345 e. The molecule has 3 aromatic rings. The fourth-order valence-electron chi connectivity index (χ4n) is 1.97. The summed E-state index contributed by atoms with van der Waals surface area (Å²) in [5.41, 5.74) is 1.84. The summed E-state index contributed by atoms with van der Waals surface area (Å²) in [6.07, 6.45) is 1.74. The van der Waals surface area contributed by atoms with E-state index >= 15 is 0 Å². The van der Waals surface area contributed by atoms with E-state index in [4.69, 9.17) is 5.11 Å². The average molecular weight is 311 g/mol. The normalized spacial score (nSPS) is 10.4. The van der Waals surface area contributed by atoms with Crippen molar-refractivity contribution >= 4 is 28.9 Å². The number of rotatable bonds is 4. The van der Waals surface area contributed by atoms with Crippen LogP contribution in [0.1, 0.15) is 15.2 Å². The van der Waals surface area contributed by atoms with Crippen molar-refractivity contribution in [3.05, 3.63) is 59.1 Å². The van der Waals surface area contributed by atoms with Gasteiger partial charge in [0, 0.05) is 6.20 Å². The van der Waals surface area contributed by atoms with Crippen molar-refractivity contribution in [2.75, 3.05) is 5.32 Å². The third-order valence-electron chi connectivity index (χ3n) is 2.99. The Hall–Kier alpha value is -2.73. The van der Waals surface area contributed by atoms with E-state index in [9.17, 15) is 4.79 Å². The highest BCUT2D eigenvalue weighted by Gasteiger charge is 2.09. The Labute approximate surface area is 131 Å². The number of aromatic nitrogens is 2. The zero-order chi connectivity index (χ0) is 15.5. The number of carboxylic acids is 1. The Bertz CT molecular complexity index is 830. The van der Waals surface area contributed by atoms with Gasteiger partial charge in [-0.3, -0.25) is 0 Å². The highest BCUT2D eigenvalue weighted by molar-refractivity contribution is 7.17. The summed E-state index contributed by atoms with van der Waals surface area (Å²) < 4.78 is 0. The Morgan fingerprint density at radius 3 is 2.77 bits per heavy atom. The first-order chi connectivity index (χ1) is 10.6. The number of nitrogens with one attached hydrogen (secondary N) is 1. The number of hydrogen-bond donors (Lipinski definition) is 2. The number of hydrogen-bond acceptors (Lipinski definition) is 5. The second-order valence-corrected chi connectivity index (χ2v) is 5.80. The Morgan fingerprint density at radius 1 is 1.18 bits per heavy atom. The predicted molar refractivity (Wildman–Crippen MR) is 86.8 cm³/mol. The molecule has 3 rings (SSSR count). The molecule has 0 amide bonds. The van der Waals surface area contributed by atoms with Crippen LogP contribution in [0.5, 0.6) is 0 Å². The molecule has 0 aliphatic heterocycles. The second kappa shape index (κ2) is 5.95. The number of thiophene rings is 1. The van der Waals surface area contributed by atoms with Crippen molar-refractivity contribution in [3.63, 3.8) is 0 Å².